The first-order chi connectivity index (χ1) is 18.4. The van der Waals surface area contributed by atoms with Crippen molar-refractivity contribution < 1.29 is 23.9 Å². The smallest absolute Gasteiger partial charge is 0.335 e. The molecule has 1 atom stereocenters. The first-order valence-electron chi connectivity index (χ1n) is 12.3. The van der Waals surface area contributed by atoms with E-state index >= 15 is 0 Å². The van der Waals surface area contributed by atoms with Gasteiger partial charge in [0.1, 0.15) is 35.7 Å². The number of fused-ring (bicyclic) bond motifs is 1. The summed E-state index contributed by atoms with van der Waals surface area (Å²) in [6, 6.07) is 15.8. The van der Waals surface area contributed by atoms with Crippen molar-refractivity contribution in [3.05, 3.63) is 97.7 Å². The van der Waals surface area contributed by atoms with E-state index in [2.05, 4.69) is 5.16 Å². The van der Waals surface area contributed by atoms with Crippen LogP contribution in [0.3, 0.4) is 0 Å². The zero-order valence-electron chi connectivity index (χ0n) is 20.0. The van der Waals surface area contributed by atoms with Gasteiger partial charge in [-0.2, -0.15) is 0 Å². The van der Waals surface area contributed by atoms with Crippen LogP contribution < -0.4 is 9.47 Å². The lowest BCUT2D eigenvalue weighted by Crippen LogP contribution is -2.16. The van der Waals surface area contributed by atoms with Gasteiger partial charge in [0.25, 0.3) is 0 Å². The second kappa shape index (κ2) is 10.2. The monoisotopic (exact) mass is 569 g/mol. The molecule has 4 aromatic rings. The van der Waals surface area contributed by atoms with Crippen molar-refractivity contribution in [2.75, 3.05) is 0 Å². The highest BCUT2D eigenvalue weighted by Gasteiger charge is 2.34. The third kappa shape index (κ3) is 4.84. The average Bonchev–Trinajstić information content (AvgIpc) is 3.67. The van der Waals surface area contributed by atoms with Crippen LogP contribution in [0, 0.1) is 0 Å². The Morgan fingerprint density at radius 3 is 2.50 bits per heavy atom. The number of aromatic nitrogens is 1. The number of halogens is 3. The number of rotatable bonds is 7. The van der Waals surface area contributed by atoms with Crippen LogP contribution in [0.15, 0.2) is 59.1 Å². The second-order valence-electron chi connectivity index (χ2n) is 9.49. The van der Waals surface area contributed by atoms with E-state index in [1.165, 1.54) is 0 Å². The van der Waals surface area contributed by atoms with Crippen molar-refractivity contribution in [3.63, 3.8) is 0 Å². The highest BCUT2D eigenvalue weighted by molar-refractivity contribution is 6.39. The molecule has 0 saturated heterocycles. The Balaban J connectivity index is 1.21. The number of ether oxygens (including phenoxy) is 2. The van der Waals surface area contributed by atoms with E-state index in [1.54, 1.807) is 42.5 Å². The number of aromatic carboxylic acids is 1. The summed E-state index contributed by atoms with van der Waals surface area (Å²) in [6.07, 6.45) is 3.22. The zero-order valence-corrected chi connectivity index (χ0v) is 22.3. The van der Waals surface area contributed by atoms with Gasteiger partial charge >= 0.3 is 5.97 Å². The zero-order chi connectivity index (χ0) is 26.4. The minimum atomic E-state index is -0.953. The summed E-state index contributed by atoms with van der Waals surface area (Å²) < 4.78 is 18.0. The SMILES string of the molecule is O=C(O)c1ccc2c(c1)CC[C@H](c1ccc(OCc3c(-c4c(Cl)cccc4Cl)noc3C3CC3)cc1Cl)O2. The predicted octanol–water partition coefficient (Wildman–Crippen LogP) is 8.52. The average molecular weight is 571 g/mol. The Hall–Kier alpha value is -3.19. The van der Waals surface area contributed by atoms with Crippen molar-refractivity contribution in [3.8, 4) is 22.8 Å². The van der Waals surface area contributed by atoms with Crippen LogP contribution in [0.5, 0.6) is 11.5 Å². The second-order valence-corrected chi connectivity index (χ2v) is 10.7. The maximum Gasteiger partial charge on any atom is 0.335 e. The van der Waals surface area contributed by atoms with E-state index in [1.807, 2.05) is 12.1 Å². The standard InChI is InChI=1S/C29H22Cl3NO5/c30-21-2-1-3-22(31)26(21)27-20(28(38-33-27)15-4-5-15)14-36-18-8-9-19(23(32)13-18)25-11-6-16-12-17(29(34)35)7-10-24(16)37-25/h1-3,7-10,12-13,15,25H,4-6,11,14H2,(H,34,35)/t25-/m1/s1. The molecule has 6 rings (SSSR count). The van der Waals surface area contributed by atoms with Gasteiger partial charge in [0.15, 0.2) is 0 Å². The Morgan fingerprint density at radius 1 is 1.00 bits per heavy atom. The largest absolute Gasteiger partial charge is 0.489 e. The van der Waals surface area contributed by atoms with Gasteiger partial charge in [-0.1, -0.05) is 52.1 Å². The number of benzene rings is 3. The minimum absolute atomic E-state index is 0.223. The minimum Gasteiger partial charge on any atom is -0.489 e. The van der Waals surface area contributed by atoms with E-state index in [-0.39, 0.29) is 18.3 Å². The van der Waals surface area contributed by atoms with Crippen molar-refractivity contribution in [1.82, 2.24) is 5.16 Å². The van der Waals surface area contributed by atoms with E-state index in [0.717, 1.165) is 35.3 Å². The number of aryl methyl sites for hydroxylation is 1. The summed E-state index contributed by atoms with van der Waals surface area (Å²) in [5.74, 6) is 1.44. The highest BCUT2D eigenvalue weighted by Crippen LogP contribution is 2.46. The van der Waals surface area contributed by atoms with Gasteiger partial charge in [0, 0.05) is 17.0 Å². The molecule has 0 bridgehead atoms. The van der Waals surface area contributed by atoms with Gasteiger partial charge in [-0.05, 0) is 73.7 Å². The molecular weight excluding hydrogens is 549 g/mol. The molecule has 0 radical (unpaired) electrons. The van der Waals surface area contributed by atoms with Gasteiger partial charge < -0.3 is 19.1 Å². The Morgan fingerprint density at radius 2 is 1.79 bits per heavy atom. The summed E-state index contributed by atoms with van der Waals surface area (Å²) in [6.45, 7) is 0.223. The normalized spacial score (nSPS) is 16.6. The molecule has 0 amide bonds. The molecule has 194 valence electrons. The van der Waals surface area contributed by atoms with Gasteiger partial charge in [-0.3, -0.25) is 0 Å². The quantitative estimate of drug-likeness (QED) is 0.240. The molecule has 38 heavy (non-hydrogen) atoms. The van der Waals surface area contributed by atoms with Crippen LogP contribution in [0.2, 0.25) is 15.1 Å². The van der Waals surface area contributed by atoms with Crippen molar-refractivity contribution in [2.45, 2.75) is 44.3 Å². The van der Waals surface area contributed by atoms with Crippen molar-refractivity contribution in [1.29, 1.82) is 0 Å². The topological polar surface area (TPSA) is 81.8 Å². The molecule has 1 N–H and O–H groups in total. The van der Waals surface area contributed by atoms with Gasteiger partial charge in [0.2, 0.25) is 0 Å². The Bertz CT molecular complexity index is 1530. The molecule has 1 aromatic heterocycles. The van der Waals surface area contributed by atoms with Crippen LogP contribution in [0.25, 0.3) is 11.3 Å². The van der Waals surface area contributed by atoms with E-state index in [4.69, 9.17) is 48.8 Å². The lowest BCUT2D eigenvalue weighted by molar-refractivity contribution is 0.0696. The molecule has 1 fully saturated rings. The maximum atomic E-state index is 11.3. The lowest BCUT2D eigenvalue weighted by Gasteiger charge is -2.27. The molecule has 9 heteroatoms. The summed E-state index contributed by atoms with van der Waals surface area (Å²) in [4.78, 5) is 11.3. The van der Waals surface area contributed by atoms with E-state index in [9.17, 15) is 9.90 Å². The van der Waals surface area contributed by atoms with Crippen LogP contribution >= 0.6 is 34.8 Å². The molecule has 2 heterocycles. The number of hydrogen-bond acceptors (Lipinski definition) is 5. The highest BCUT2D eigenvalue weighted by atomic mass is 35.5. The Labute approximate surface area is 234 Å². The van der Waals surface area contributed by atoms with Crippen molar-refractivity contribution >= 4 is 40.8 Å². The van der Waals surface area contributed by atoms with E-state index in [0.29, 0.717) is 56.6 Å². The fourth-order valence-corrected chi connectivity index (χ4v) is 5.67. The number of carbonyl (C=O) groups is 1. The van der Waals surface area contributed by atoms with Crippen LogP contribution in [-0.4, -0.2) is 16.2 Å². The molecular formula is C29H22Cl3NO5. The number of carboxylic acids is 1. The third-order valence-electron chi connectivity index (χ3n) is 6.92. The van der Waals surface area contributed by atoms with Crippen LogP contribution in [0.4, 0.5) is 0 Å². The summed E-state index contributed by atoms with van der Waals surface area (Å²) >= 11 is 19.6. The summed E-state index contributed by atoms with van der Waals surface area (Å²) in [5.41, 5.74) is 4.03. The maximum absolute atomic E-state index is 11.3. The molecule has 3 aromatic carbocycles. The van der Waals surface area contributed by atoms with E-state index < -0.39 is 5.97 Å². The lowest BCUT2D eigenvalue weighted by atomic mass is 9.96. The summed E-state index contributed by atoms with van der Waals surface area (Å²) in [5, 5.41) is 15.1. The predicted molar refractivity (Wildman–Crippen MR) is 145 cm³/mol. The number of nitrogens with zero attached hydrogens (tertiary/aromatic N) is 1. The van der Waals surface area contributed by atoms with Crippen LogP contribution in [0.1, 0.15) is 64.1 Å². The molecule has 6 nitrogen and oxygen atoms in total. The van der Waals surface area contributed by atoms with Crippen LogP contribution in [-0.2, 0) is 13.0 Å². The first kappa shape index (κ1) is 25.1. The Kier molecular flexibility index (Phi) is 6.72. The number of hydrogen-bond donors (Lipinski definition) is 1. The fraction of sp³-hybridized carbons (Fsp3) is 0.241. The molecule has 1 aliphatic carbocycles. The molecule has 0 spiro atoms. The molecule has 1 saturated carbocycles. The van der Waals surface area contributed by atoms with Gasteiger partial charge in [-0.15, -0.1) is 0 Å². The van der Waals surface area contributed by atoms with Gasteiger partial charge in [-0.25, -0.2) is 4.79 Å². The van der Waals surface area contributed by atoms with Crippen molar-refractivity contribution in [2.24, 2.45) is 0 Å². The molecule has 0 unspecified atom stereocenters. The molecule has 2 aliphatic rings. The number of carboxylic acid groups (broad SMARTS) is 1. The molecule has 1 aliphatic heterocycles. The third-order valence-corrected chi connectivity index (χ3v) is 7.88. The fourth-order valence-electron chi connectivity index (χ4n) is 4.80. The summed E-state index contributed by atoms with van der Waals surface area (Å²) in [7, 11) is 0. The van der Waals surface area contributed by atoms with Gasteiger partial charge in [0.05, 0.1) is 26.2 Å². The first-order valence-corrected chi connectivity index (χ1v) is 13.4.